The van der Waals surface area contributed by atoms with Gasteiger partial charge in [0.05, 0.1) is 6.54 Å². The fourth-order valence-electron chi connectivity index (χ4n) is 2.87. The summed E-state index contributed by atoms with van der Waals surface area (Å²) in [5.41, 5.74) is 0. The molecule has 6 heteroatoms. The number of carbonyl (C=O) groups excluding carboxylic acids is 1. The van der Waals surface area contributed by atoms with Crippen LogP contribution < -0.4 is 0 Å². The zero-order valence-corrected chi connectivity index (χ0v) is 11.5. The van der Waals surface area contributed by atoms with Crippen molar-refractivity contribution in [3.63, 3.8) is 0 Å². The Morgan fingerprint density at radius 2 is 1.74 bits per heavy atom. The summed E-state index contributed by atoms with van der Waals surface area (Å²) in [6.45, 7) is 7.91. The maximum Gasteiger partial charge on any atom is 0.326 e. The Hall–Kier alpha value is -1.14. The van der Waals surface area contributed by atoms with E-state index in [2.05, 4.69) is 16.7 Å². The number of nitrogens with zero attached hydrogens (tertiary/aromatic N) is 3. The van der Waals surface area contributed by atoms with E-state index >= 15 is 0 Å². The molecule has 0 bridgehead atoms. The van der Waals surface area contributed by atoms with Crippen LogP contribution in [0.1, 0.15) is 19.8 Å². The summed E-state index contributed by atoms with van der Waals surface area (Å²) in [7, 11) is 0. The van der Waals surface area contributed by atoms with Gasteiger partial charge in [0.15, 0.2) is 0 Å². The molecular weight excluding hydrogens is 246 g/mol. The summed E-state index contributed by atoms with van der Waals surface area (Å²) >= 11 is 0. The second-order valence-electron chi connectivity index (χ2n) is 5.29. The molecule has 0 aromatic heterocycles. The van der Waals surface area contributed by atoms with E-state index in [0.717, 1.165) is 39.1 Å². The van der Waals surface area contributed by atoms with Gasteiger partial charge in [0.2, 0.25) is 5.91 Å². The molecule has 2 aliphatic rings. The zero-order valence-electron chi connectivity index (χ0n) is 11.5. The molecule has 2 saturated heterocycles. The number of likely N-dealkylation sites (N-methyl/N-ethyl adjacent to an activating group) is 1. The van der Waals surface area contributed by atoms with Crippen molar-refractivity contribution in [2.75, 3.05) is 45.8 Å². The molecule has 0 aromatic rings. The Morgan fingerprint density at radius 3 is 2.32 bits per heavy atom. The van der Waals surface area contributed by atoms with E-state index in [4.69, 9.17) is 5.11 Å². The van der Waals surface area contributed by atoms with Gasteiger partial charge in [-0.15, -0.1) is 0 Å². The molecule has 2 rings (SSSR count). The third-order valence-electron chi connectivity index (χ3n) is 4.13. The van der Waals surface area contributed by atoms with Crippen molar-refractivity contribution in [1.82, 2.24) is 14.7 Å². The summed E-state index contributed by atoms with van der Waals surface area (Å²) in [6.07, 6.45) is 1.39. The molecular formula is C13H23N3O3. The third-order valence-corrected chi connectivity index (χ3v) is 4.13. The number of aliphatic carboxylic acids is 1. The lowest BCUT2D eigenvalue weighted by Crippen LogP contribution is -2.51. The molecule has 2 heterocycles. The number of hydrogen-bond donors (Lipinski definition) is 1. The smallest absolute Gasteiger partial charge is 0.326 e. The van der Waals surface area contributed by atoms with Gasteiger partial charge in [-0.2, -0.15) is 0 Å². The van der Waals surface area contributed by atoms with E-state index in [0.29, 0.717) is 19.5 Å². The van der Waals surface area contributed by atoms with Crippen molar-refractivity contribution in [3.8, 4) is 0 Å². The minimum absolute atomic E-state index is 0.0325. The van der Waals surface area contributed by atoms with Crippen molar-refractivity contribution in [3.05, 3.63) is 0 Å². The number of carbonyl (C=O) groups is 2. The lowest BCUT2D eigenvalue weighted by molar-refractivity contribution is -0.148. The van der Waals surface area contributed by atoms with Gasteiger partial charge in [-0.05, 0) is 19.4 Å². The second kappa shape index (κ2) is 6.34. The molecule has 1 amide bonds. The van der Waals surface area contributed by atoms with Crippen LogP contribution in [0.3, 0.4) is 0 Å². The van der Waals surface area contributed by atoms with Gasteiger partial charge in [-0.25, -0.2) is 4.79 Å². The number of hydrogen-bond acceptors (Lipinski definition) is 4. The van der Waals surface area contributed by atoms with E-state index in [1.807, 2.05) is 0 Å². The molecule has 0 spiro atoms. The Bertz CT molecular complexity index is 340. The molecule has 0 radical (unpaired) electrons. The van der Waals surface area contributed by atoms with Crippen LogP contribution in [0, 0.1) is 0 Å². The quantitative estimate of drug-likeness (QED) is 0.759. The molecule has 108 valence electrons. The van der Waals surface area contributed by atoms with E-state index in [1.54, 1.807) is 0 Å². The highest BCUT2D eigenvalue weighted by Crippen LogP contribution is 2.18. The minimum atomic E-state index is -0.873. The normalized spacial score (nSPS) is 25.7. The SMILES string of the molecule is CCN1CCN(CC(=O)N2CCCC2C(=O)O)CC1. The number of amides is 1. The lowest BCUT2D eigenvalue weighted by Gasteiger charge is -2.34. The van der Waals surface area contributed by atoms with Crippen LogP contribution in [-0.2, 0) is 9.59 Å². The molecule has 1 N–H and O–H groups in total. The average Bonchev–Trinajstić information content (AvgIpc) is 2.89. The number of piperazine rings is 1. The van der Waals surface area contributed by atoms with E-state index in [9.17, 15) is 9.59 Å². The molecule has 2 fully saturated rings. The van der Waals surface area contributed by atoms with E-state index in [-0.39, 0.29) is 5.91 Å². The molecule has 0 aromatic carbocycles. The molecule has 19 heavy (non-hydrogen) atoms. The first-order valence-electron chi connectivity index (χ1n) is 7.08. The third kappa shape index (κ3) is 3.45. The Morgan fingerprint density at radius 1 is 1.11 bits per heavy atom. The first-order valence-corrected chi connectivity index (χ1v) is 7.08. The second-order valence-corrected chi connectivity index (χ2v) is 5.29. The van der Waals surface area contributed by atoms with Gasteiger partial charge in [0.25, 0.3) is 0 Å². The Balaban J connectivity index is 1.82. The largest absolute Gasteiger partial charge is 0.480 e. The van der Waals surface area contributed by atoms with Crippen LogP contribution in [0.25, 0.3) is 0 Å². The fraction of sp³-hybridized carbons (Fsp3) is 0.846. The topological polar surface area (TPSA) is 64.1 Å². The van der Waals surface area contributed by atoms with Gasteiger partial charge in [0, 0.05) is 32.7 Å². The number of carboxylic acids is 1. The van der Waals surface area contributed by atoms with Crippen LogP contribution in [-0.4, -0.2) is 83.5 Å². The average molecular weight is 269 g/mol. The van der Waals surface area contributed by atoms with Crippen LogP contribution >= 0.6 is 0 Å². The summed E-state index contributed by atoms with van der Waals surface area (Å²) in [5.74, 6) is -0.906. The molecule has 1 atom stereocenters. The van der Waals surface area contributed by atoms with Gasteiger partial charge in [0.1, 0.15) is 6.04 Å². The molecule has 0 saturated carbocycles. The minimum Gasteiger partial charge on any atom is -0.480 e. The van der Waals surface area contributed by atoms with Crippen LogP contribution in [0.4, 0.5) is 0 Å². The van der Waals surface area contributed by atoms with Gasteiger partial charge >= 0.3 is 5.97 Å². The van der Waals surface area contributed by atoms with Crippen LogP contribution in [0.5, 0.6) is 0 Å². The summed E-state index contributed by atoms with van der Waals surface area (Å²) in [6, 6.07) is -0.607. The fourth-order valence-corrected chi connectivity index (χ4v) is 2.87. The molecule has 0 aliphatic carbocycles. The monoisotopic (exact) mass is 269 g/mol. The maximum absolute atomic E-state index is 12.2. The van der Waals surface area contributed by atoms with Gasteiger partial charge in [-0.1, -0.05) is 6.92 Å². The van der Waals surface area contributed by atoms with Crippen molar-refractivity contribution in [2.24, 2.45) is 0 Å². The van der Waals surface area contributed by atoms with Crippen molar-refractivity contribution < 1.29 is 14.7 Å². The van der Waals surface area contributed by atoms with Gasteiger partial charge < -0.3 is 14.9 Å². The van der Waals surface area contributed by atoms with Gasteiger partial charge in [-0.3, -0.25) is 9.69 Å². The number of carboxylic acid groups (broad SMARTS) is 1. The maximum atomic E-state index is 12.2. The highest BCUT2D eigenvalue weighted by Gasteiger charge is 2.34. The van der Waals surface area contributed by atoms with Crippen LogP contribution in [0.15, 0.2) is 0 Å². The summed E-state index contributed by atoms with van der Waals surface area (Å²) in [5, 5.41) is 9.09. The molecule has 1 unspecified atom stereocenters. The highest BCUT2D eigenvalue weighted by atomic mass is 16.4. The van der Waals surface area contributed by atoms with Crippen molar-refractivity contribution >= 4 is 11.9 Å². The number of likely N-dealkylation sites (tertiary alicyclic amines) is 1. The number of rotatable bonds is 4. The van der Waals surface area contributed by atoms with Crippen LogP contribution in [0.2, 0.25) is 0 Å². The Labute approximate surface area is 114 Å². The van der Waals surface area contributed by atoms with E-state index in [1.165, 1.54) is 4.90 Å². The molecule has 6 nitrogen and oxygen atoms in total. The highest BCUT2D eigenvalue weighted by molar-refractivity contribution is 5.85. The van der Waals surface area contributed by atoms with Crippen molar-refractivity contribution in [2.45, 2.75) is 25.8 Å². The summed E-state index contributed by atoms with van der Waals surface area (Å²) in [4.78, 5) is 29.3. The van der Waals surface area contributed by atoms with E-state index < -0.39 is 12.0 Å². The predicted octanol–water partition coefficient (Wildman–Crippen LogP) is -0.300. The molecule has 2 aliphatic heterocycles. The lowest BCUT2D eigenvalue weighted by atomic mass is 10.2. The summed E-state index contributed by atoms with van der Waals surface area (Å²) < 4.78 is 0. The first kappa shape index (κ1) is 14.3. The standard InChI is InChI=1S/C13H23N3O3/c1-2-14-6-8-15(9-7-14)10-12(17)16-5-3-4-11(16)13(18)19/h11H,2-10H2,1H3,(H,18,19). The predicted molar refractivity (Wildman–Crippen MR) is 70.9 cm³/mol. The van der Waals surface area contributed by atoms with Crippen molar-refractivity contribution in [1.29, 1.82) is 0 Å². The zero-order chi connectivity index (χ0) is 13.8. The Kier molecular flexibility index (Phi) is 4.76. The first-order chi connectivity index (χ1) is 9.11.